The van der Waals surface area contributed by atoms with Gasteiger partial charge in [-0.25, -0.2) is 13.8 Å². The van der Waals surface area contributed by atoms with Gasteiger partial charge < -0.3 is 9.72 Å². The maximum absolute atomic E-state index is 13.7. The van der Waals surface area contributed by atoms with E-state index in [1.807, 2.05) is 0 Å². The first-order chi connectivity index (χ1) is 10.1. The van der Waals surface area contributed by atoms with Gasteiger partial charge in [0.25, 0.3) is 5.56 Å². The minimum absolute atomic E-state index is 0.0911. The minimum atomic E-state index is -0.703. The van der Waals surface area contributed by atoms with Crippen LogP contribution in [0.15, 0.2) is 52.1 Å². The lowest BCUT2D eigenvalue weighted by molar-refractivity contribution is 0.414. The first-order valence-corrected chi connectivity index (χ1v) is 6.20. The van der Waals surface area contributed by atoms with Crippen molar-refractivity contribution >= 4 is 10.9 Å². The van der Waals surface area contributed by atoms with E-state index in [4.69, 9.17) is 4.74 Å². The van der Waals surface area contributed by atoms with E-state index in [1.165, 1.54) is 25.3 Å². The van der Waals surface area contributed by atoms with Crippen LogP contribution in [0.3, 0.4) is 0 Å². The van der Waals surface area contributed by atoms with Crippen LogP contribution in [-0.4, -0.2) is 16.7 Å². The first kappa shape index (κ1) is 13.1. The van der Waals surface area contributed by atoms with E-state index in [2.05, 4.69) is 4.98 Å². The summed E-state index contributed by atoms with van der Waals surface area (Å²) in [5, 5.41) is 0.109. The van der Waals surface area contributed by atoms with Crippen LogP contribution in [0.25, 0.3) is 16.6 Å². The average Bonchev–Trinajstić information content (AvgIpc) is 2.49. The number of ether oxygens (including phenoxy) is 1. The first-order valence-electron chi connectivity index (χ1n) is 6.20. The van der Waals surface area contributed by atoms with Crippen LogP contribution in [-0.2, 0) is 0 Å². The average molecular weight is 286 g/mol. The molecule has 1 aromatic heterocycles. The van der Waals surface area contributed by atoms with E-state index in [1.54, 1.807) is 24.3 Å². The monoisotopic (exact) mass is 286 g/mol. The van der Waals surface area contributed by atoms with Crippen molar-refractivity contribution in [3.63, 3.8) is 0 Å². The lowest BCUT2D eigenvalue weighted by Gasteiger charge is -2.08. The molecule has 0 aliphatic rings. The van der Waals surface area contributed by atoms with Crippen molar-refractivity contribution in [3.8, 4) is 11.4 Å². The zero-order valence-electron chi connectivity index (χ0n) is 11.1. The van der Waals surface area contributed by atoms with Gasteiger partial charge in [0, 0.05) is 6.07 Å². The zero-order valence-corrected chi connectivity index (χ0v) is 11.1. The smallest absolute Gasteiger partial charge is 0.333 e. The second kappa shape index (κ2) is 4.90. The van der Waals surface area contributed by atoms with E-state index in [0.29, 0.717) is 11.4 Å². The zero-order chi connectivity index (χ0) is 15.0. The summed E-state index contributed by atoms with van der Waals surface area (Å²) in [5.41, 5.74) is -1.02. The molecule has 0 radical (unpaired) electrons. The lowest BCUT2D eigenvalue weighted by atomic mass is 10.2. The van der Waals surface area contributed by atoms with Crippen molar-refractivity contribution in [2.24, 2.45) is 0 Å². The number of H-pyrrole nitrogens is 1. The third-order valence-electron chi connectivity index (χ3n) is 3.19. The Hall–Kier alpha value is -2.89. The van der Waals surface area contributed by atoms with Crippen LogP contribution < -0.4 is 16.0 Å². The van der Waals surface area contributed by atoms with Gasteiger partial charge >= 0.3 is 5.69 Å². The number of rotatable bonds is 2. The molecule has 3 rings (SSSR count). The molecule has 0 unspecified atom stereocenters. The predicted octanol–water partition coefficient (Wildman–Crippen LogP) is 1.83. The third-order valence-corrected chi connectivity index (χ3v) is 3.19. The largest absolute Gasteiger partial charge is 0.497 e. The molecule has 3 aromatic rings. The number of aromatic nitrogens is 2. The van der Waals surface area contributed by atoms with Gasteiger partial charge in [-0.2, -0.15) is 0 Å². The molecule has 1 heterocycles. The fourth-order valence-electron chi connectivity index (χ4n) is 2.19. The standard InChI is InChI=1S/C15H11FN2O3/c1-21-10-5-2-4-9(8-10)18-14(19)11-6-3-7-12(16)13(11)17-15(18)20/h2-8H,1H3,(H,17,20). The summed E-state index contributed by atoms with van der Waals surface area (Å²) < 4.78 is 19.7. The molecule has 5 nitrogen and oxygen atoms in total. The molecule has 0 saturated carbocycles. The van der Waals surface area contributed by atoms with Crippen molar-refractivity contribution in [1.29, 1.82) is 0 Å². The molecular weight excluding hydrogens is 275 g/mol. The van der Waals surface area contributed by atoms with Crippen molar-refractivity contribution in [1.82, 2.24) is 9.55 Å². The summed E-state index contributed by atoms with van der Waals surface area (Å²) in [6, 6.07) is 10.6. The SMILES string of the molecule is COc1cccc(-n2c(=O)[nH]c3c(F)cccc3c2=O)c1. The molecule has 0 amide bonds. The Morgan fingerprint density at radius 2 is 1.90 bits per heavy atom. The molecule has 0 bridgehead atoms. The van der Waals surface area contributed by atoms with Crippen LogP contribution in [0.2, 0.25) is 0 Å². The fourth-order valence-corrected chi connectivity index (χ4v) is 2.19. The number of hydrogen-bond donors (Lipinski definition) is 1. The Balaban J connectivity index is 2.38. The van der Waals surface area contributed by atoms with E-state index < -0.39 is 17.1 Å². The topological polar surface area (TPSA) is 64.1 Å². The van der Waals surface area contributed by atoms with E-state index in [-0.39, 0.29) is 10.9 Å². The van der Waals surface area contributed by atoms with Crippen LogP contribution in [0.5, 0.6) is 5.75 Å². The summed E-state index contributed by atoms with van der Waals surface area (Å²) in [6.45, 7) is 0. The Kier molecular flexibility index (Phi) is 3.06. The van der Waals surface area contributed by atoms with E-state index in [0.717, 1.165) is 4.57 Å². The summed E-state index contributed by atoms with van der Waals surface area (Å²) in [5.74, 6) is -0.127. The predicted molar refractivity (Wildman–Crippen MR) is 76.7 cm³/mol. The number of hydrogen-bond acceptors (Lipinski definition) is 3. The van der Waals surface area contributed by atoms with Gasteiger partial charge in [-0.3, -0.25) is 4.79 Å². The van der Waals surface area contributed by atoms with Gasteiger partial charge in [0.15, 0.2) is 0 Å². The van der Waals surface area contributed by atoms with E-state index in [9.17, 15) is 14.0 Å². The van der Waals surface area contributed by atoms with Crippen molar-refractivity contribution in [2.75, 3.05) is 7.11 Å². The molecule has 0 aliphatic carbocycles. The molecule has 0 aliphatic heterocycles. The van der Waals surface area contributed by atoms with Gasteiger partial charge in [0.2, 0.25) is 0 Å². The third kappa shape index (κ3) is 2.10. The van der Waals surface area contributed by atoms with Crippen LogP contribution in [0.1, 0.15) is 0 Å². The number of fused-ring (bicyclic) bond motifs is 1. The summed E-state index contributed by atoms with van der Waals surface area (Å²) in [4.78, 5) is 26.9. The summed E-state index contributed by atoms with van der Waals surface area (Å²) in [7, 11) is 1.49. The fraction of sp³-hybridized carbons (Fsp3) is 0.0667. The second-order valence-electron chi connectivity index (χ2n) is 4.43. The maximum Gasteiger partial charge on any atom is 0.333 e. The molecular formula is C15H11FN2O3. The lowest BCUT2D eigenvalue weighted by Crippen LogP contribution is -2.33. The Morgan fingerprint density at radius 1 is 1.14 bits per heavy atom. The number of benzene rings is 2. The minimum Gasteiger partial charge on any atom is -0.497 e. The summed E-state index contributed by atoms with van der Waals surface area (Å²) in [6.07, 6.45) is 0. The van der Waals surface area contributed by atoms with Gasteiger partial charge in [0.1, 0.15) is 11.6 Å². The number of nitrogens with zero attached hydrogens (tertiary/aromatic N) is 1. The quantitative estimate of drug-likeness (QED) is 0.781. The van der Waals surface area contributed by atoms with Crippen LogP contribution >= 0.6 is 0 Å². The molecule has 2 aromatic carbocycles. The molecule has 106 valence electrons. The Morgan fingerprint density at radius 3 is 2.67 bits per heavy atom. The molecule has 6 heteroatoms. The molecule has 0 spiro atoms. The normalized spacial score (nSPS) is 10.8. The molecule has 0 atom stereocenters. The number of aromatic amines is 1. The molecule has 0 fully saturated rings. The van der Waals surface area contributed by atoms with Crippen LogP contribution in [0.4, 0.5) is 4.39 Å². The highest BCUT2D eigenvalue weighted by Crippen LogP contribution is 2.15. The van der Waals surface area contributed by atoms with Crippen LogP contribution in [0, 0.1) is 5.82 Å². The van der Waals surface area contributed by atoms with Gasteiger partial charge in [-0.15, -0.1) is 0 Å². The molecule has 21 heavy (non-hydrogen) atoms. The number of nitrogens with one attached hydrogen (secondary N) is 1. The van der Waals surface area contributed by atoms with Crippen molar-refractivity contribution in [2.45, 2.75) is 0 Å². The molecule has 1 N–H and O–H groups in total. The highest BCUT2D eigenvalue weighted by molar-refractivity contribution is 5.78. The van der Waals surface area contributed by atoms with E-state index >= 15 is 0 Å². The number of halogens is 1. The summed E-state index contributed by atoms with van der Waals surface area (Å²) >= 11 is 0. The van der Waals surface area contributed by atoms with Gasteiger partial charge in [-0.1, -0.05) is 12.1 Å². The van der Waals surface area contributed by atoms with Crippen molar-refractivity contribution < 1.29 is 9.13 Å². The Bertz CT molecular complexity index is 944. The highest BCUT2D eigenvalue weighted by atomic mass is 19.1. The maximum atomic E-state index is 13.7. The Labute approximate surface area is 118 Å². The molecule has 0 saturated heterocycles. The number of para-hydroxylation sites is 1. The van der Waals surface area contributed by atoms with Gasteiger partial charge in [-0.05, 0) is 24.3 Å². The second-order valence-corrected chi connectivity index (χ2v) is 4.43. The highest BCUT2D eigenvalue weighted by Gasteiger charge is 2.12. The number of methoxy groups -OCH3 is 1. The van der Waals surface area contributed by atoms with Crippen molar-refractivity contribution in [3.05, 3.63) is 69.1 Å². The van der Waals surface area contributed by atoms with Gasteiger partial charge in [0.05, 0.1) is 23.7 Å².